The number of aryl methyl sites for hydroxylation is 2. The van der Waals surface area contributed by atoms with Gasteiger partial charge in [-0.15, -0.1) is 0 Å². The highest BCUT2D eigenvalue weighted by Gasteiger charge is 2.16. The maximum absolute atomic E-state index is 4.43. The summed E-state index contributed by atoms with van der Waals surface area (Å²) < 4.78 is 3.06. The predicted octanol–water partition coefficient (Wildman–Crippen LogP) is 2.99. The van der Waals surface area contributed by atoms with Crippen LogP contribution in [-0.2, 0) is 13.5 Å². The Morgan fingerprint density at radius 1 is 1.33 bits per heavy atom. The van der Waals surface area contributed by atoms with Crippen LogP contribution in [0.15, 0.2) is 34.8 Å². The minimum absolute atomic E-state index is 0.303. The third kappa shape index (κ3) is 2.65. The molecule has 1 aromatic carbocycles. The molecule has 1 heterocycles. The molecule has 3 nitrogen and oxygen atoms in total. The van der Waals surface area contributed by atoms with Crippen molar-refractivity contribution >= 4 is 15.9 Å². The van der Waals surface area contributed by atoms with Crippen molar-refractivity contribution in [3.8, 4) is 0 Å². The quantitative estimate of drug-likeness (QED) is 0.941. The van der Waals surface area contributed by atoms with E-state index in [0.29, 0.717) is 6.04 Å². The molecule has 96 valence electrons. The first-order valence-electron chi connectivity index (χ1n) is 6.03. The minimum Gasteiger partial charge on any atom is -0.313 e. The predicted molar refractivity (Wildman–Crippen MR) is 77.6 cm³/mol. The molecule has 0 saturated heterocycles. The Balaban J connectivity index is 2.26. The summed E-state index contributed by atoms with van der Waals surface area (Å²) in [6.45, 7) is 2.02. The number of nitrogens with one attached hydrogen (secondary N) is 1. The van der Waals surface area contributed by atoms with E-state index in [0.717, 1.165) is 16.6 Å². The Morgan fingerprint density at radius 3 is 2.50 bits per heavy atom. The lowest BCUT2D eigenvalue weighted by Crippen LogP contribution is -2.20. The van der Waals surface area contributed by atoms with Gasteiger partial charge in [0.15, 0.2) is 0 Å². The highest BCUT2D eigenvalue weighted by molar-refractivity contribution is 9.10. The fraction of sp³-hybridized carbons (Fsp3) is 0.357. The van der Waals surface area contributed by atoms with Crippen LogP contribution in [0, 0.1) is 6.92 Å². The molecule has 0 aliphatic carbocycles. The van der Waals surface area contributed by atoms with Gasteiger partial charge < -0.3 is 5.32 Å². The molecule has 0 saturated carbocycles. The van der Waals surface area contributed by atoms with Gasteiger partial charge in [0, 0.05) is 19.5 Å². The number of aromatic nitrogens is 2. The maximum atomic E-state index is 4.43. The summed E-state index contributed by atoms with van der Waals surface area (Å²) in [5.74, 6) is 0. The second-order valence-corrected chi connectivity index (χ2v) is 5.22. The molecule has 2 rings (SSSR count). The molecule has 18 heavy (non-hydrogen) atoms. The molecule has 1 aromatic heterocycles. The lowest BCUT2D eigenvalue weighted by molar-refractivity contribution is 0.560. The summed E-state index contributed by atoms with van der Waals surface area (Å²) in [5.41, 5.74) is 3.55. The van der Waals surface area contributed by atoms with Gasteiger partial charge >= 0.3 is 0 Å². The maximum Gasteiger partial charge on any atom is 0.0738 e. The topological polar surface area (TPSA) is 29.9 Å². The molecule has 0 spiro atoms. The molecule has 0 aliphatic heterocycles. The van der Waals surface area contributed by atoms with E-state index in [1.165, 1.54) is 11.3 Å². The van der Waals surface area contributed by atoms with E-state index in [9.17, 15) is 0 Å². The van der Waals surface area contributed by atoms with E-state index in [1.54, 1.807) is 0 Å². The Morgan fingerprint density at radius 2 is 2.00 bits per heavy atom. The molecule has 0 radical (unpaired) electrons. The molecule has 0 fully saturated rings. The zero-order valence-corrected chi connectivity index (χ0v) is 12.5. The standard InChI is InChI=1S/C14H18BrN3/c1-10-14(15)13(18(3)17-10)9-12(16-2)11-7-5-4-6-8-11/h4-8,12,16H,9H2,1-3H3. The van der Waals surface area contributed by atoms with Crippen molar-refractivity contribution in [2.75, 3.05) is 7.05 Å². The van der Waals surface area contributed by atoms with Gasteiger partial charge in [-0.3, -0.25) is 4.68 Å². The summed E-state index contributed by atoms with van der Waals surface area (Å²) in [7, 11) is 3.99. The molecule has 0 bridgehead atoms. The van der Waals surface area contributed by atoms with Crippen LogP contribution >= 0.6 is 15.9 Å². The van der Waals surface area contributed by atoms with Crippen molar-refractivity contribution in [2.45, 2.75) is 19.4 Å². The summed E-state index contributed by atoms with van der Waals surface area (Å²) in [5, 5.41) is 7.80. The molecule has 1 unspecified atom stereocenters. The van der Waals surface area contributed by atoms with Gasteiger partial charge in [-0.2, -0.15) is 5.10 Å². The number of benzene rings is 1. The second kappa shape index (κ2) is 5.67. The third-order valence-corrected chi connectivity index (χ3v) is 4.24. The highest BCUT2D eigenvalue weighted by Crippen LogP contribution is 2.25. The van der Waals surface area contributed by atoms with E-state index < -0.39 is 0 Å². The van der Waals surface area contributed by atoms with Crippen LogP contribution in [0.1, 0.15) is 23.0 Å². The molecular weight excluding hydrogens is 290 g/mol. The first kappa shape index (κ1) is 13.3. The Labute approximate surface area is 116 Å². The smallest absolute Gasteiger partial charge is 0.0738 e. The van der Waals surface area contributed by atoms with Crippen LogP contribution < -0.4 is 5.32 Å². The summed E-state index contributed by atoms with van der Waals surface area (Å²) in [6, 6.07) is 10.8. The van der Waals surface area contributed by atoms with Gasteiger partial charge in [0.1, 0.15) is 0 Å². The van der Waals surface area contributed by atoms with E-state index in [4.69, 9.17) is 0 Å². The van der Waals surface area contributed by atoms with Crippen LogP contribution in [0.2, 0.25) is 0 Å². The van der Waals surface area contributed by atoms with E-state index >= 15 is 0 Å². The minimum atomic E-state index is 0.303. The van der Waals surface area contributed by atoms with Crippen LogP contribution in [-0.4, -0.2) is 16.8 Å². The average molecular weight is 308 g/mol. The van der Waals surface area contributed by atoms with Gasteiger partial charge in [0.05, 0.1) is 15.9 Å². The van der Waals surface area contributed by atoms with E-state index in [1.807, 2.05) is 31.8 Å². The number of nitrogens with zero attached hydrogens (tertiary/aromatic N) is 2. The van der Waals surface area contributed by atoms with Crippen molar-refractivity contribution in [2.24, 2.45) is 7.05 Å². The van der Waals surface area contributed by atoms with Gasteiger partial charge in [0.2, 0.25) is 0 Å². The fourth-order valence-electron chi connectivity index (χ4n) is 2.17. The van der Waals surface area contributed by atoms with Crippen molar-refractivity contribution in [1.82, 2.24) is 15.1 Å². The zero-order chi connectivity index (χ0) is 13.1. The molecule has 2 aromatic rings. The monoisotopic (exact) mass is 307 g/mol. The van der Waals surface area contributed by atoms with Crippen LogP contribution in [0.4, 0.5) is 0 Å². The molecule has 0 aliphatic rings. The zero-order valence-electron chi connectivity index (χ0n) is 10.9. The van der Waals surface area contributed by atoms with Crippen molar-refractivity contribution < 1.29 is 0 Å². The van der Waals surface area contributed by atoms with Crippen molar-refractivity contribution in [1.29, 1.82) is 0 Å². The highest BCUT2D eigenvalue weighted by atomic mass is 79.9. The lowest BCUT2D eigenvalue weighted by Gasteiger charge is -2.17. The van der Waals surface area contributed by atoms with Gasteiger partial charge in [-0.05, 0) is 35.5 Å². The van der Waals surface area contributed by atoms with Crippen molar-refractivity contribution in [3.63, 3.8) is 0 Å². The Bertz CT molecular complexity index is 519. The van der Waals surface area contributed by atoms with Crippen LogP contribution in [0.3, 0.4) is 0 Å². The molecular formula is C14H18BrN3. The van der Waals surface area contributed by atoms with Crippen LogP contribution in [0.5, 0.6) is 0 Å². The Hall–Kier alpha value is -1.13. The number of halogens is 1. The molecule has 1 N–H and O–H groups in total. The SMILES string of the molecule is CNC(Cc1c(Br)c(C)nn1C)c1ccccc1. The average Bonchev–Trinajstić information content (AvgIpc) is 2.62. The fourth-order valence-corrected chi connectivity index (χ4v) is 2.66. The van der Waals surface area contributed by atoms with Crippen molar-refractivity contribution in [3.05, 3.63) is 51.8 Å². The van der Waals surface area contributed by atoms with Crippen LogP contribution in [0.25, 0.3) is 0 Å². The second-order valence-electron chi connectivity index (χ2n) is 4.43. The lowest BCUT2D eigenvalue weighted by atomic mass is 10.0. The number of rotatable bonds is 4. The first-order chi connectivity index (χ1) is 8.63. The first-order valence-corrected chi connectivity index (χ1v) is 6.83. The summed E-state index contributed by atoms with van der Waals surface area (Å²) in [6.07, 6.45) is 0.915. The molecule has 0 amide bonds. The number of hydrogen-bond donors (Lipinski definition) is 1. The Kier molecular flexibility index (Phi) is 4.19. The summed E-state index contributed by atoms with van der Waals surface area (Å²) >= 11 is 3.62. The number of hydrogen-bond acceptors (Lipinski definition) is 2. The number of likely N-dealkylation sites (N-methyl/N-ethyl adjacent to an activating group) is 1. The normalized spacial score (nSPS) is 12.7. The molecule has 4 heteroatoms. The van der Waals surface area contributed by atoms with Gasteiger partial charge in [-0.25, -0.2) is 0 Å². The van der Waals surface area contributed by atoms with Gasteiger partial charge in [0.25, 0.3) is 0 Å². The third-order valence-electron chi connectivity index (χ3n) is 3.21. The molecule has 1 atom stereocenters. The van der Waals surface area contributed by atoms with E-state index in [2.05, 4.69) is 50.6 Å². The van der Waals surface area contributed by atoms with E-state index in [-0.39, 0.29) is 0 Å². The summed E-state index contributed by atoms with van der Waals surface area (Å²) in [4.78, 5) is 0. The largest absolute Gasteiger partial charge is 0.313 e. The van der Waals surface area contributed by atoms with Gasteiger partial charge in [-0.1, -0.05) is 30.3 Å².